The Morgan fingerprint density at radius 2 is 1.85 bits per heavy atom. The van der Waals surface area contributed by atoms with Gasteiger partial charge in [-0.1, -0.05) is 40.2 Å². The first-order valence-corrected chi connectivity index (χ1v) is 6.09. The first-order valence-electron chi connectivity index (χ1n) is 4.97. The molecule has 1 aromatic rings. The van der Waals surface area contributed by atoms with E-state index in [-0.39, 0.29) is 0 Å². The third-order valence-corrected chi connectivity index (χ3v) is 4.53. The lowest BCUT2D eigenvalue weighted by Crippen LogP contribution is -2.03. The molecule has 0 N–H and O–H groups in total. The molecular weight excluding hydrogens is 224 g/mol. The van der Waals surface area contributed by atoms with E-state index in [0.717, 1.165) is 5.92 Å². The van der Waals surface area contributed by atoms with Gasteiger partial charge >= 0.3 is 0 Å². The highest BCUT2D eigenvalue weighted by atomic mass is 79.9. The molecule has 1 heteroatoms. The maximum absolute atomic E-state index is 3.61. The van der Waals surface area contributed by atoms with Gasteiger partial charge in [0.15, 0.2) is 0 Å². The predicted molar refractivity (Wildman–Crippen MR) is 58.2 cm³/mol. The van der Waals surface area contributed by atoms with Crippen molar-refractivity contribution in [3.05, 3.63) is 35.4 Å². The van der Waals surface area contributed by atoms with Gasteiger partial charge in [-0.15, -0.1) is 0 Å². The molecule has 2 aliphatic rings. The minimum absolute atomic E-state index is 0.674. The first kappa shape index (κ1) is 8.05. The second-order valence-electron chi connectivity index (χ2n) is 4.54. The highest BCUT2D eigenvalue weighted by molar-refractivity contribution is 9.09. The number of halogens is 1. The summed E-state index contributed by atoms with van der Waals surface area (Å²) in [6.07, 6.45) is 4.10. The Morgan fingerprint density at radius 3 is 2.31 bits per heavy atom. The van der Waals surface area contributed by atoms with Crippen LogP contribution in [0.5, 0.6) is 0 Å². The molecule has 68 valence electrons. The van der Waals surface area contributed by atoms with Crippen LogP contribution >= 0.6 is 15.9 Å². The molecule has 0 nitrogen and oxygen atoms in total. The third-order valence-electron chi connectivity index (χ3n) is 3.75. The number of fused-ring (bicyclic) bond motifs is 1. The minimum atomic E-state index is 0.674. The Balaban J connectivity index is 1.91. The van der Waals surface area contributed by atoms with Crippen LogP contribution in [0.1, 0.15) is 17.5 Å². The van der Waals surface area contributed by atoms with Crippen molar-refractivity contribution in [2.45, 2.75) is 19.3 Å². The maximum Gasteiger partial charge on any atom is 0.00654 e. The minimum Gasteiger partial charge on any atom is -0.0925 e. The van der Waals surface area contributed by atoms with Crippen LogP contribution in [0.3, 0.4) is 0 Å². The molecule has 0 saturated heterocycles. The van der Waals surface area contributed by atoms with Gasteiger partial charge in [0, 0.05) is 5.33 Å². The fraction of sp³-hybridized carbons (Fsp3) is 0.500. The lowest BCUT2D eigenvalue weighted by molar-refractivity contribution is 0.503. The number of alkyl halides is 1. The summed E-state index contributed by atoms with van der Waals surface area (Å²) >= 11 is 3.61. The van der Waals surface area contributed by atoms with E-state index in [1.165, 1.54) is 24.6 Å². The number of hydrogen-bond acceptors (Lipinski definition) is 0. The number of rotatable bonds is 1. The van der Waals surface area contributed by atoms with E-state index in [9.17, 15) is 0 Å². The molecule has 2 aliphatic carbocycles. The second kappa shape index (κ2) is 2.60. The molecule has 1 aromatic carbocycles. The normalized spacial score (nSPS) is 27.6. The van der Waals surface area contributed by atoms with Crippen molar-refractivity contribution in [1.82, 2.24) is 0 Å². The van der Waals surface area contributed by atoms with Crippen molar-refractivity contribution in [3.8, 4) is 0 Å². The van der Waals surface area contributed by atoms with Crippen LogP contribution < -0.4 is 0 Å². The lowest BCUT2D eigenvalue weighted by Gasteiger charge is -2.04. The smallest absolute Gasteiger partial charge is 0.00654 e. The van der Waals surface area contributed by atoms with Crippen molar-refractivity contribution in [1.29, 1.82) is 0 Å². The molecule has 0 bridgehead atoms. The quantitative estimate of drug-likeness (QED) is 0.658. The summed E-state index contributed by atoms with van der Waals surface area (Å²) in [5.41, 5.74) is 3.88. The molecule has 0 aromatic heterocycles. The Kier molecular flexibility index (Phi) is 1.61. The standard InChI is InChI=1S/C12H13Br/c13-8-11-7-12(11)5-9-3-1-2-4-10(9)6-12/h1-4,11H,5-8H2. The monoisotopic (exact) mass is 236 g/mol. The van der Waals surface area contributed by atoms with Gasteiger partial charge in [0.1, 0.15) is 0 Å². The van der Waals surface area contributed by atoms with E-state index < -0.39 is 0 Å². The fourth-order valence-corrected chi connectivity index (χ4v) is 3.72. The van der Waals surface area contributed by atoms with Crippen LogP contribution in [-0.2, 0) is 12.8 Å². The number of benzene rings is 1. The van der Waals surface area contributed by atoms with E-state index in [1.807, 2.05) is 0 Å². The predicted octanol–water partition coefficient (Wildman–Crippen LogP) is 3.19. The molecule has 1 atom stereocenters. The summed E-state index contributed by atoms with van der Waals surface area (Å²) in [5, 5.41) is 1.20. The maximum atomic E-state index is 3.61. The molecule has 1 spiro atoms. The highest BCUT2D eigenvalue weighted by Gasteiger charge is 2.55. The molecule has 1 fully saturated rings. The van der Waals surface area contributed by atoms with Crippen LogP contribution in [0.4, 0.5) is 0 Å². The van der Waals surface area contributed by atoms with E-state index in [0.29, 0.717) is 5.41 Å². The summed E-state index contributed by atoms with van der Waals surface area (Å²) in [4.78, 5) is 0. The van der Waals surface area contributed by atoms with E-state index in [2.05, 4.69) is 40.2 Å². The molecule has 0 radical (unpaired) electrons. The zero-order chi connectivity index (χ0) is 8.89. The number of hydrogen-bond donors (Lipinski definition) is 0. The van der Waals surface area contributed by atoms with Gasteiger partial charge < -0.3 is 0 Å². The highest BCUT2D eigenvalue weighted by Crippen LogP contribution is 2.60. The van der Waals surface area contributed by atoms with Gasteiger partial charge in [-0.2, -0.15) is 0 Å². The van der Waals surface area contributed by atoms with Gasteiger partial charge in [-0.05, 0) is 41.7 Å². The topological polar surface area (TPSA) is 0 Å². The molecule has 0 heterocycles. The van der Waals surface area contributed by atoms with Crippen molar-refractivity contribution in [2.24, 2.45) is 11.3 Å². The van der Waals surface area contributed by atoms with Gasteiger partial charge in [-0.3, -0.25) is 0 Å². The summed E-state index contributed by atoms with van der Waals surface area (Å²) in [7, 11) is 0. The second-order valence-corrected chi connectivity index (χ2v) is 5.19. The van der Waals surface area contributed by atoms with Crippen molar-refractivity contribution in [3.63, 3.8) is 0 Å². The van der Waals surface area contributed by atoms with Gasteiger partial charge in [-0.25, -0.2) is 0 Å². The molecule has 0 amide bonds. The van der Waals surface area contributed by atoms with Crippen LogP contribution in [0.25, 0.3) is 0 Å². The fourth-order valence-electron chi connectivity index (χ4n) is 2.81. The first-order chi connectivity index (χ1) is 6.34. The van der Waals surface area contributed by atoms with Gasteiger partial charge in [0.2, 0.25) is 0 Å². The van der Waals surface area contributed by atoms with Crippen LogP contribution in [-0.4, -0.2) is 5.33 Å². The summed E-state index contributed by atoms with van der Waals surface area (Å²) in [6, 6.07) is 8.94. The van der Waals surface area contributed by atoms with Crippen molar-refractivity contribution >= 4 is 15.9 Å². The molecular formula is C12H13Br. The largest absolute Gasteiger partial charge is 0.0925 e. The Bertz CT molecular complexity index is 318. The molecule has 0 aliphatic heterocycles. The molecule has 1 unspecified atom stereocenters. The van der Waals surface area contributed by atoms with E-state index in [1.54, 1.807) is 11.1 Å². The summed E-state index contributed by atoms with van der Waals surface area (Å²) < 4.78 is 0. The van der Waals surface area contributed by atoms with Gasteiger partial charge in [0.05, 0.1) is 0 Å². The Morgan fingerprint density at radius 1 is 1.23 bits per heavy atom. The van der Waals surface area contributed by atoms with E-state index in [4.69, 9.17) is 0 Å². The zero-order valence-corrected chi connectivity index (χ0v) is 9.18. The van der Waals surface area contributed by atoms with Crippen LogP contribution in [0.2, 0.25) is 0 Å². The SMILES string of the molecule is BrCC1CC12Cc1ccccc1C2. The van der Waals surface area contributed by atoms with Crippen LogP contribution in [0, 0.1) is 11.3 Å². The average molecular weight is 237 g/mol. The van der Waals surface area contributed by atoms with Crippen molar-refractivity contribution < 1.29 is 0 Å². The molecule has 1 saturated carbocycles. The Hall–Kier alpha value is -0.300. The van der Waals surface area contributed by atoms with Crippen LogP contribution in [0.15, 0.2) is 24.3 Å². The van der Waals surface area contributed by atoms with E-state index >= 15 is 0 Å². The molecule has 3 rings (SSSR count). The average Bonchev–Trinajstić information content (AvgIpc) is 2.69. The Labute approximate surface area is 87.5 Å². The zero-order valence-electron chi connectivity index (χ0n) is 7.59. The molecule has 13 heavy (non-hydrogen) atoms. The summed E-state index contributed by atoms with van der Waals surface area (Å²) in [6.45, 7) is 0. The lowest BCUT2D eigenvalue weighted by atomic mass is 10.0. The van der Waals surface area contributed by atoms with Crippen molar-refractivity contribution in [2.75, 3.05) is 5.33 Å². The van der Waals surface area contributed by atoms with Gasteiger partial charge in [0.25, 0.3) is 0 Å². The summed E-state index contributed by atoms with van der Waals surface area (Å²) in [5.74, 6) is 0.944. The third kappa shape index (κ3) is 1.10.